The number of rotatable bonds is 6. The summed E-state index contributed by atoms with van der Waals surface area (Å²) in [4.78, 5) is 38.4. The molecule has 4 aromatic rings. The SMILES string of the molecule is CN(c1nc(-c2ccnc3[nH]c(C(=O)NC4CCCCC4)cc23)nc2cncc(C3CC3)c12)C1CCNCC1(C)C. The van der Waals surface area contributed by atoms with Crippen molar-refractivity contribution in [2.75, 3.05) is 25.0 Å². The van der Waals surface area contributed by atoms with Crippen LogP contribution in [0.3, 0.4) is 0 Å². The molecule has 2 saturated carbocycles. The minimum absolute atomic E-state index is 0.0767. The van der Waals surface area contributed by atoms with E-state index in [1.54, 1.807) is 6.20 Å². The van der Waals surface area contributed by atoms with Crippen LogP contribution in [0.4, 0.5) is 5.82 Å². The van der Waals surface area contributed by atoms with Crippen molar-refractivity contribution in [3.8, 4) is 11.4 Å². The molecule has 3 fully saturated rings. The molecule has 1 atom stereocenters. The van der Waals surface area contributed by atoms with E-state index in [1.165, 1.54) is 37.7 Å². The number of hydrogen-bond donors (Lipinski definition) is 3. The Balaban J connectivity index is 1.33. The van der Waals surface area contributed by atoms with Crippen LogP contribution in [0.2, 0.25) is 0 Å². The lowest BCUT2D eigenvalue weighted by Crippen LogP contribution is -2.53. The third-order valence-electron chi connectivity index (χ3n) is 9.47. The molecule has 0 radical (unpaired) electrons. The highest BCUT2D eigenvalue weighted by molar-refractivity contribution is 6.02. The summed E-state index contributed by atoms with van der Waals surface area (Å²) < 4.78 is 0. The second-order valence-corrected chi connectivity index (χ2v) is 13.0. The van der Waals surface area contributed by atoms with Gasteiger partial charge in [-0.1, -0.05) is 33.1 Å². The standard InChI is InChI=1S/C32H40N8O/c1-32(2)18-33-13-12-26(32)40(3)30-27-23(19-9-10-19)16-34-17-25(27)38-29(39-30)21-11-14-35-28-22(21)15-24(37-28)31(41)36-20-7-5-4-6-8-20/h11,14-17,19-20,26,33H,4-10,12-13,18H2,1-3H3,(H,35,37)(H,36,41). The van der Waals surface area contributed by atoms with Crippen LogP contribution in [0, 0.1) is 5.41 Å². The van der Waals surface area contributed by atoms with Crippen LogP contribution in [-0.4, -0.2) is 63.0 Å². The largest absolute Gasteiger partial charge is 0.355 e. The van der Waals surface area contributed by atoms with Crippen LogP contribution < -0.4 is 15.5 Å². The van der Waals surface area contributed by atoms with Crippen LogP contribution in [-0.2, 0) is 0 Å². The molecule has 3 N–H and O–H groups in total. The van der Waals surface area contributed by atoms with Gasteiger partial charge in [-0.05, 0) is 67.7 Å². The van der Waals surface area contributed by atoms with Gasteiger partial charge in [0.2, 0.25) is 0 Å². The fourth-order valence-electron chi connectivity index (χ4n) is 7.05. The third kappa shape index (κ3) is 4.94. The van der Waals surface area contributed by atoms with Gasteiger partial charge in [-0.25, -0.2) is 15.0 Å². The van der Waals surface area contributed by atoms with Gasteiger partial charge < -0.3 is 20.5 Å². The molecule has 1 amide bonds. The van der Waals surface area contributed by atoms with Crippen molar-refractivity contribution in [2.24, 2.45) is 5.41 Å². The van der Waals surface area contributed by atoms with E-state index in [-0.39, 0.29) is 17.4 Å². The smallest absolute Gasteiger partial charge is 0.267 e. The van der Waals surface area contributed by atoms with Gasteiger partial charge in [0.25, 0.3) is 5.91 Å². The van der Waals surface area contributed by atoms with Gasteiger partial charge in [0.15, 0.2) is 5.82 Å². The van der Waals surface area contributed by atoms with Crippen molar-refractivity contribution in [3.05, 3.63) is 42.0 Å². The van der Waals surface area contributed by atoms with E-state index in [1.807, 2.05) is 24.5 Å². The Bertz CT molecular complexity index is 1600. The number of hydrogen-bond acceptors (Lipinski definition) is 7. The first-order chi connectivity index (χ1) is 19.9. The number of fused-ring (bicyclic) bond motifs is 2. The van der Waals surface area contributed by atoms with Crippen molar-refractivity contribution in [3.63, 3.8) is 0 Å². The van der Waals surface area contributed by atoms with E-state index < -0.39 is 0 Å². The molecular weight excluding hydrogens is 512 g/mol. The van der Waals surface area contributed by atoms with Crippen LogP contribution in [0.5, 0.6) is 0 Å². The summed E-state index contributed by atoms with van der Waals surface area (Å²) >= 11 is 0. The lowest BCUT2D eigenvalue weighted by atomic mass is 9.79. The summed E-state index contributed by atoms with van der Waals surface area (Å²) in [6.07, 6.45) is 14.8. The van der Waals surface area contributed by atoms with Crippen LogP contribution in [0.1, 0.15) is 87.2 Å². The molecule has 3 aliphatic rings. The normalized spacial score (nSPS) is 21.3. The predicted molar refractivity (Wildman–Crippen MR) is 162 cm³/mol. The monoisotopic (exact) mass is 552 g/mol. The zero-order valence-electron chi connectivity index (χ0n) is 24.3. The number of amides is 1. The lowest BCUT2D eigenvalue weighted by molar-refractivity contribution is 0.0923. The maximum Gasteiger partial charge on any atom is 0.267 e. The van der Waals surface area contributed by atoms with E-state index >= 15 is 0 Å². The van der Waals surface area contributed by atoms with Crippen LogP contribution in [0.25, 0.3) is 33.3 Å². The van der Waals surface area contributed by atoms with Crippen molar-refractivity contribution >= 4 is 33.7 Å². The zero-order valence-corrected chi connectivity index (χ0v) is 24.3. The molecule has 9 heteroatoms. The zero-order chi connectivity index (χ0) is 28.1. The summed E-state index contributed by atoms with van der Waals surface area (Å²) in [5.74, 6) is 2.04. The molecule has 0 bridgehead atoms. The number of pyridine rings is 2. The van der Waals surface area contributed by atoms with Gasteiger partial charge >= 0.3 is 0 Å². The molecule has 41 heavy (non-hydrogen) atoms. The Labute approximate surface area is 241 Å². The van der Waals surface area contributed by atoms with Gasteiger partial charge in [0.05, 0.1) is 11.7 Å². The van der Waals surface area contributed by atoms with Crippen molar-refractivity contribution in [2.45, 2.75) is 83.2 Å². The van der Waals surface area contributed by atoms with Gasteiger partial charge in [-0.2, -0.15) is 0 Å². The van der Waals surface area contributed by atoms with E-state index in [2.05, 4.69) is 51.4 Å². The number of H-pyrrole nitrogens is 1. The van der Waals surface area contributed by atoms with Crippen molar-refractivity contribution in [1.82, 2.24) is 35.6 Å². The van der Waals surface area contributed by atoms with Crippen molar-refractivity contribution < 1.29 is 4.79 Å². The van der Waals surface area contributed by atoms with E-state index in [4.69, 9.17) is 9.97 Å². The first-order valence-electron chi connectivity index (χ1n) is 15.3. The van der Waals surface area contributed by atoms with E-state index in [9.17, 15) is 4.79 Å². The summed E-state index contributed by atoms with van der Waals surface area (Å²) in [6.45, 7) is 6.63. The van der Waals surface area contributed by atoms with E-state index in [0.717, 1.165) is 60.0 Å². The Kier molecular flexibility index (Phi) is 6.64. The van der Waals surface area contributed by atoms with Gasteiger partial charge in [0, 0.05) is 54.4 Å². The minimum atomic E-state index is -0.0767. The van der Waals surface area contributed by atoms with Crippen LogP contribution >= 0.6 is 0 Å². The molecule has 4 aromatic heterocycles. The molecule has 5 heterocycles. The molecule has 0 spiro atoms. The maximum atomic E-state index is 13.2. The molecule has 0 aromatic carbocycles. The second kappa shape index (κ2) is 10.4. The highest BCUT2D eigenvalue weighted by Gasteiger charge is 2.37. The predicted octanol–water partition coefficient (Wildman–Crippen LogP) is 5.33. The second-order valence-electron chi connectivity index (χ2n) is 13.0. The first-order valence-corrected chi connectivity index (χ1v) is 15.3. The number of anilines is 1. The van der Waals surface area contributed by atoms with Crippen molar-refractivity contribution in [1.29, 1.82) is 0 Å². The molecule has 1 unspecified atom stereocenters. The summed E-state index contributed by atoms with van der Waals surface area (Å²) in [5.41, 5.74) is 4.26. The maximum absolute atomic E-state index is 13.2. The number of nitrogens with one attached hydrogen (secondary N) is 3. The molecule has 7 rings (SSSR count). The number of aromatic amines is 1. The molecule has 214 valence electrons. The quantitative estimate of drug-likeness (QED) is 0.296. The Morgan fingerprint density at radius 3 is 2.68 bits per heavy atom. The molecule has 2 aliphatic carbocycles. The fraction of sp³-hybridized carbons (Fsp3) is 0.531. The summed E-state index contributed by atoms with van der Waals surface area (Å²) in [7, 11) is 2.19. The first kappa shape index (κ1) is 26.3. The Morgan fingerprint density at radius 1 is 1.07 bits per heavy atom. The molecular formula is C32H40N8O. The van der Waals surface area contributed by atoms with Gasteiger partial charge in [-0.15, -0.1) is 0 Å². The number of carbonyl (C=O) groups is 1. The van der Waals surface area contributed by atoms with Gasteiger partial charge in [-0.3, -0.25) is 9.78 Å². The number of piperidine rings is 1. The third-order valence-corrected chi connectivity index (χ3v) is 9.47. The Hall–Kier alpha value is -3.59. The topological polar surface area (TPSA) is 112 Å². The number of carbonyl (C=O) groups excluding carboxylic acids is 1. The average molecular weight is 553 g/mol. The fourth-order valence-corrected chi connectivity index (χ4v) is 7.05. The number of aromatic nitrogens is 5. The highest BCUT2D eigenvalue weighted by Crippen LogP contribution is 2.46. The molecule has 9 nitrogen and oxygen atoms in total. The average Bonchev–Trinajstić information content (AvgIpc) is 3.73. The number of nitrogens with zero attached hydrogens (tertiary/aromatic N) is 5. The molecule has 1 aliphatic heterocycles. The Morgan fingerprint density at radius 2 is 1.90 bits per heavy atom. The molecule has 1 saturated heterocycles. The minimum Gasteiger partial charge on any atom is -0.355 e. The highest BCUT2D eigenvalue weighted by atomic mass is 16.1. The van der Waals surface area contributed by atoms with Crippen LogP contribution in [0.15, 0.2) is 30.7 Å². The lowest BCUT2D eigenvalue weighted by Gasteiger charge is -2.45. The van der Waals surface area contributed by atoms with Gasteiger partial charge in [0.1, 0.15) is 17.2 Å². The summed E-state index contributed by atoms with van der Waals surface area (Å²) in [5, 5.41) is 8.76. The summed E-state index contributed by atoms with van der Waals surface area (Å²) in [6, 6.07) is 4.43. The van der Waals surface area contributed by atoms with E-state index in [0.29, 0.717) is 29.1 Å².